The predicted molar refractivity (Wildman–Crippen MR) is 137 cm³/mol. The zero-order chi connectivity index (χ0) is 26.6. The van der Waals surface area contributed by atoms with Crippen molar-refractivity contribution in [3.8, 4) is 11.5 Å². The average Bonchev–Trinajstić information content (AvgIpc) is 3.30. The second kappa shape index (κ2) is 10.8. The summed E-state index contributed by atoms with van der Waals surface area (Å²) in [6, 6.07) is 14.7. The van der Waals surface area contributed by atoms with Gasteiger partial charge in [-0.25, -0.2) is 13.4 Å². The number of methoxy groups -OCH3 is 2. The number of hydrogen-bond acceptors (Lipinski definition) is 10. The Morgan fingerprint density at radius 3 is 2.43 bits per heavy atom. The Bertz CT molecular complexity index is 1570. The van der Waals surface area contributed by atoms with Crippen molar-refractivity contribution < 1.29 is 32.0 Å². The quantitative estimate of drug-likeness (QED) is 0.167. The van der Waals surface area contributed by atoms with Gasteiger partial charge in [-0.15, -0.1) is 0 Å². The molecule has 4 aromatic rings. The second-order valence-corrected chi connectivity index (χ2v) is 10.0. The molecule has 1 aromatic heterocycles. The number of anilines is 2. The summed E-state index contributed by atoms with van der Waals surface area (Å²) in [5.41, 5.74) is 0.688. The molecule has 37 heavy (non-hydrogen) atoms. The van der Waals surface area contributed by atoms with Crippen molar-refractivity contribution in [3.05, 3.63) is 70.8 Å². The third kappa shape index (κ3) is 6.10. The summed E-state index contributed by atoms with van der Waals surface area (Å²) in [4.78, 5) is 27.3. The van der Waals surface area contributed by atoms with Crippen LogP contribution in [0.1, 0.15) is 0 Å². The normalized spacial score (nSPS) is 11.2. The molecule has 0 unspecified atom stereocenters. The highest BCUT2D eigenvalue weighted by Gasteiger charge is 2.19. The van der Waals surface area contributed by atoms with Crippen molar-refractivity contribution in [2.75, 3.05) is 30.0 Å². The molecule has 1 amide bonds. The van der Waals surface area contributed by atoms with Gasteiger partial charge in [0.2, 0.25) is 5.91 Å². The van der Waals surface area contributed by atoms with Gasteiger partial charge in [0, 0.05) is 5.69 Å². The maximum absolute atomic E-state index is 12.8. The van der Waals surface area contributed by atoms with E-state index in [1.54, 1.807) is 24.3 Å². The Morgan fingerprint density at radius 2 is 1.76 bits per heavy atom. The van der Waals surface area contributed by atoms with Crippen LogP contribution >= 0.6 is 11.8 Å². The molecule has 1 heterocycles. The lowest BCUT2D eigenvalue weighted by Gasteiger charge is -2.08. The van der Waals surface area contributed by atoms with Crippen LogP contribution < -0.4 is 19.5 Å². The van der Waals surface area contributed by atoms with Crippen molar-refractivity contribution in [1.82, 2.24) is 4.98 Å². The molecule has 0 saturated carbocycles. The fourth-order valence-electron chi connectivity index (χ4n) is 3.20. The van der Waals surface area contributed by atoms with Gasteiger partial charge < -0.3 is 19.2 Å². The van der Waals surface area contributed by atoms with E-state index in [0.29, 0.717) is 17.0 Å². The number of ether oxygens (including phenoxy) is 2. The SMILES string of the molecule is COc1ccc(NS(=O)(=O)c2ccc3oc(SCC(=O)Nc4ccc(OC)cc4[N+](=O)[O-])nc3c2)cc1. The van der Waals surface area contributed by atoms with Crippen LogP contribution in [0.25, 0.3) is 11.1 Å². The number of hydrogen-bond donors (Lipinski definition) is 2. The maximum Gasteiger partial charge on any atom is 0.296 e. The number of nitrogens with zero attached hydrogens (tertiary/aromatic N) is 2. The Labute approximate surface area is 215 Å². The summed E-state index contributed by atoms with van der Waals surface area (Å²) in [7, 11) is -1.01. The average molecular weight is 545 g/mol. The number of carbonyl (C=O) groups excluding carboxylic acids is 1. The summed E-state index contributed by atoms with van der Waals surface area (Å²) in [5.74, 6) is 0.201. The van der Waals surface area contributed by atoms with Crippen LogP contribution in [0.15, 0.2) is 75.2 Å². The van der Waals surface area contributed by atoms with Gasteiger partial charge in [-0.05, 0) is 54.6 Å². The first kappa shape index (κ1) is 25.8. The Morgan fingerprint density at radius 1 is 1.05 bits per heavy atom. The molecule has 4 rings (SSSR count). The van der Waals surface area contributed by atoms with Crippen molar-refractivity contribution in [2.45, 2.75) is 10.1 Å². The third-order valence-electron chi connectivity index (χ3n) is 4.99. The molecular weight excluding hydrogens is 524 g/mol. The van der Waals surface area contributed by atoms with Gasteiger partial charge in [0.05, 0.1) is 35.9 Å². The van der Waals surface area contributed by atoms with E-state index < -0.39 is 20.9 Å². The van der Waals surface area contributed by atoms with Crippen LogP contribution in [0.4, 0.5) is 17.1 Å². The fraction of sp³-hybridized carbons (Fsp3) is 0.130. The molecule has 0 bridgehead atoms. The molecule has 2 N–H and O–H groups in total. The molecule has 0 fully saturated rings. The zero-order valence-electron chi connectivity index (χ0n) is 19.5. The van der Waals surface area contributed by atoms with Crippen LogP contribution in [0, 0.1) is 10.1 Å². The fourth-order valence-corrected chi connectivity index (χ4v) is 4.91. The van der Waals surface area contributed by atoms with E-state index in [4.69, 9.17) is 13.9 Å². The third-order valence-corrected chi connectivity index (χ3v) is 7.20. The number of nitro benzene ring substituents is 1. The molecule has 0 radical (unpaired) electrons. The number of thioether (sulfide) groups is 1. The van der Waals surface area contributed by atoms with Crippen molar-refractivity contribution in [1.29, 1.82) is 0 Å². The maximum atomic E-state index is 12.8. The van der Waals surface area contributed by atoms with E-state index in [1.165, 1.54) is 50.6 Å². The number of nitrogens with one attached hydrogen (secondary N) is 2. The van der Waals surface area contributed by atoms with Gasteiger partial charge in [-0.1, -0.05) is 11.8 Å². The van der Waals surface area contributed by atoms with Gasteiger partial charge in [0.15, 0.2) is 5.58 Å². The minimum atomic E-state index is -3.90. The number of oxazole rings is 1. The van der Waals surface area contributed by atoms with Crippen LogP contribution in [-0.2, 0) is 14.8 Å². The first-order valence-corrected chi connectivity index (χ1v) is 13.0. The molecule has 0 aliphatic rings. The topological polar surface area (TPSA) is 163 Å². The standard InChI is InChI=1S/C23H20N4O8S2/c1-33-15-5-3-14(4-6-15)26-37(31,32)17-8-10-21-19(12-17)25-23(35-21)36-13-22(28)24-18-9-7-16(34-2)11-20(18)27(29)30/h3-12,26H,13H2,1-2H3,(H,24,28). The second-order valence-electron chi connectivity index (χ2n) is 7.42. The van der Waals surface area contributed by atoms with E-state index in [2.05, 4.69) is 15.0 Å². The van der Waals surface area contributed by atoms with Crippen molar-refractivity contribution in [2.24, 2.45) is 0 Å². The number of rotatable bonds is 10. The van der Waals surface area contributed by atoms with Gasteiger partial charge in [-0.2, -0.15) is 0 Å². The smallest absolute Gasteiger partial charge is 0.296 e. The highest BCUT2D eigenvalue weighted by molar-refractivity contribution is 7.99. The summed E-state index contributed by atoms with van der Waals surface area (Å²) in [6.45, 7) is 0. The molecule has 0 atom stereocenters. The van der Waals surface area contributed by atoms with Crippen molar-refractivity contribution in [3.63, 3.8) is 0 Å². The lowest BCUT2D eigenvalue weighted by molar-refractivity contribution is -0.384. The summed E-state index contributed by atoms with van der Waals surface area (Å²) < 4.78 is 43.7. The summed E-state index contributed by atoms with van der Waals surface area (Å²) in [5, 5.41) is 13.9. The Hall–Kier alpha value is -4.30. The minimum Gasteiger partial charge on any atom is -0.497 e. The molecule has 12 nitrogen and oxygen atoms in total. The number of carbonyl (C=O) groups is 1. The van der Waals surface area contributed by atoms with Crippen LogP contribution in [0.3, 0.4) is 0 Å². The monoisotopic (exact) mass is 544 g/mol. The lowest BCUT2D eigenvalue weighted by Crippen LogP contribution is -2.15. The molecular formula is C23H20N4O8S2. The van der Waals surface area contributed by atoms with Crippen LogP contribution in [-0.4, -0.2) is 44.2 Å². The van der Waals surface area contributed by atoms with Gasteiger partial charge in [0.1, 0.15) is 22.7 Å². The number of fused-ring (bicyclic) bond motifs is 1. The number of benzene rings is 3. The lowest BCUT2D eigenvalue weighted by atomic mass is 10.2. The first-order valence-electron chi connectivity index (χ1n) is 10.5. The van der Waals surface area contributed by atoms with E-state index in [1.807, 2.05) is 0 Å². The molecule has 0 spiro atoms. The van der Waals surface area contributed by atoms with E-state index in [9.17, 15) is 23.3 Å². The first-order chi connectivity index (χ1) is 17.7. The predicted octanol–water partition coefficient (Wildman–Crippen LogP) is 4.28. The highest BCUT2D eigenvalue weighted by atomic mass is 32.2. The molecule has 0 saturated heterocycles. The van der Waals surface area contributed by atoms with Gasteiger partial charge in [-0.3, -0.25) is 19.6 Å². The molecule has 14 heteroatoms. The molecule has 192 valence electrons. The van der Waals surface area contributed by atoms with Crippen LogP contribution in [0.2, 0.25) is 0 Å². The Kier molecular flexibility index (Phi) is 7.50. The summed E-state index contributed by atoms with van der Waals surface area (Å²) >= 11 is 0.954. The number of sulfonamides is 1. The van der Waals surface area contributed by atoms with Crippen molar-refractivity contribution >= 4 is 55.9 Å². The van der Waals surface area contributed by atoms with Crippen LogP contribution in [0.5, 0.6) is 11.5 Å². The van der Waals surface area contributed by atoms with Gasteiger partial charge >= 0.3 is 0 Å². The largest absolute Gasteiger partial charge is 0.497 e. The summed E-state index contributed by atoms with van der Waals surface area (Å²) in [6.07, 6.45) is 0. The van der Waals surface area contributed by atoms with E-state index >= 15 is 0 Å². The number of aromatic nitrogens is 1. The van der Waals surface area contributed by atoms with E-state index in [0.717, 1.165) is 11.8 Å². The molecule has 0 aliphatic heterocycles. The zero-order valence-corrected chi connectivity index (χ0v) is 21.1. The Balaban J connectivity index is 1.43. The number of amides is 1. The minimum absolute atomic E-state index is 0.0215. The molecule has 3 aromatic carbocycles. The number of nitro groups is 1. The van der Waals surface area contributed by atoms with E-state index in [-0.39, 0.29) is 38.5 Å². The molecule has 0 aliphatic carbocycles. The highest BCUT2D eigenvalue weighted by Crippen LogP contribution is 2.30. The van der Waals surface area contributed by atoms with Gasteiger partial charge in [0.25, 0.3) is 20.9 Å².